The molecule has 3 rings (SSSR count). The topological polar surface area (TPSA) is 78.8 Å². The Hall–Kier alpha value is -3.52. The molecular formula is C22H20FN3O3S. The van der Waals surface area contributed by atoms with E-state index in [0.29, 0.717) is 0 Å². The summed E-state index contributed by atoms with van der Waals surface area (Å²) in [5.74, 6) is -1.46. The van der Waals surface area contributed by atoms with Gasteiger partial charge in [-0.25, -0.2) is 18.2 Å². The lowest BCUT2D eigenvalue weighted by Crippen LogP contribution is -2.40. The molecule has 0 bridgehead atoms. The zero-order valence-corrected chi connectivity index (χ0v) is 17.0. The van der Waals surface area contributed by atoms with Gasteiger partial charge in [0.15, 0.2) is 0 Å². The van der Waals surface area contributed by atoms with Gasteiger partial charge in [0.2, 0.25) is 0 Å². The average Bonchev–Trinajstić information content (AvgIpc) is 2.73. The molecule has 3 aromatic carbocycles. The van der Waals surface area contributed by atoms with Crippen molar-refractivity contribution in [1.82, 2.24) is 5.43 Å². The Labute approximate surface area is 174 Å². The van der Waals surface area contributed by atoms with E-state index in [9.17, 15) is 17.6 Å². The number of carbonyl (C=O) groups excluding carboxylic acids is 1. The van der Waals surface area contributed by atoms with Gasteiger partial charge in [-0.15, -0.1) is 0 Å². The van der Waals surface area contributed by atoms with Crippen molar-refractivity contribution in [2.75, 3.05) is 10.8 Å². The molecule has 1 amide bonds. The van der Waals surface area contributed by atoms with Crippen LogP contribution in [0.3, 0.4) is 0 Å². The maximum Gasteiger partial charge on any atom is 0.264 e. The summed E-state index contributed by atoms with van der Waals surface area (Å²) in [6, 6.07) is 20.4. The minimum Gasteiger partial charge on any atom is -0.271 e. The Morgan fingerprint density at radius 1 is 1.03 bits per heavy atom. The molecule has 6 nitrogen and oxygen atoms in total. The number of rotatable bonds is 7. The fraction of sp³-hybridized carbons (Fsp3) is 0.0909. The van der Waals surface area contributed by atoms with Gasteiger partial charge in [-0.05, 0) is 36.8 Å². The lowest BCUT2D eigenvalue weighted by Gasteiger charge is -2.24. The first kappa shape index (κ1) is 21.2. The van der Waals surface area contributed by atoms with Gasteiger partial charge in [0.25, 0.3) is 15.9 Å². The maximum atomic E-state index is 14.4. The number of amides is 1. The summed E-state index contributed by atoms with van der Waals surface area (Å²) in [6.07, 6.45) is 1.45. The fourth-order valence-corrected chi connectivity index (χ4v) is 4.22. The molecule has 0 aromatic heterocycles. The highest BCUT2D eigenvalue weighted by atomic mass is 32.2. The van der Waals surface area contributed by atoms with Crippen LogP contribution in [-0.4, -0.2) is 27.1 Å². The molecule has 0 aliphatic carbocycles. The predicted octanol–water partition coefficient (Wildman–Crippen LogP) is 3.48. The van der Waals surface area contributed by atoms with E-state index < -0.39 is 28.3 Å². The standard InChI is InChI=1S/C22H20FN3O3S/c1-17-8-7-9-18(14-17)15-24-25-22(27)16-26(21-13-6-5-12-20(21)23)30(28,29)19-10-3-2-4-11-19/h2-15H,16H2,1H3,(H,25,27)/b24-15-. The molecule has 0 radical (unpaired) electrons. The molecule has 3 aromatic rings. The monoisotopic (exact) mass is 425 g/mol. The van der Waals surface area contributed by atoms with Crippen molar-refractivity contribution in [2.24, 2.45) is 5.10 Å². The second-order valence-corrected chi connectivity index (χ2v) is 8.35. The first-order valence-corrected chi connectivity index (χ1v) is 10.5. The van der Waals surface area contributed by atoms with E-state index in [1.54, 1.807) is 18.2 Å². The molecule has 154 valence electrons. The number of hydrogen-bond donors (Lipinski definition) is 1. The quantitative estimate of drug-likeness (QED) is 0.465. The summed E-state index contributed by atoms with van der Waals surface area (Å²) < 4.78 is 41.3. The number of anilines is 1. The molecule has 0 aliphatic rings. The Balaban J connectivity index is 1.84. The molecule has 0 aliphatic heterocycles. The van der Waals surface area contributed by atoms with E-state index in [-0.39, 0.29) is 10.6 Å². The largest absolute Gasteiger partial charge is 0.271 e. The third kappa shape index (κ3) is 5.09. The fourth-order valence-electron chi connectivity index (χ4n) is 2.77. The normalized spacial score (nSPS) is 11.4. The van der Waals surface area contributed by atoms with Crippen LogP contribution in [0, 0.1) is 12.7 Å². The van der Waals surface area contributed by atoms with Crippen LogP contribution < -0.4 is 9.73 Å². The first-order valence-electron chi connectivity index (χ1n) is 9.09. The van der Waals surface area contributed by atoms with Crippen LogP contribution in [-0.2, 0) is 14.8 Å². The smallest absolute Gasteiger partial charge is 0.264 e. The Morgan fingerprint density at radius 3 is 2.43 bits per heavy atom. The summed E-state index contributed by atoms with van der Waals surface area (Å²) in [7, 11) is -4.17. The number of hydrazone groups is 1. The minimum atomic E-state index is -4.17. The highest BCUT2D eigenvalue weighted by Gasteiger charge is 2.28. The van der Waals surface area contributed by atoms with Crippen molar-refractivity contribution >= 4 is 27.8 Å². The first-order chi connectivity index (χ1) is 14.4. The molecule has 0 atom stereocenters. The highest BCUT2D eigenvalue weighted by molar-refractivity contribution is 7.92. The van der Waals surface area contributed by atoms with Crippen molar-refractivity contribution in [3.8, 4) is 0 Å². The third-order valence-electron chi connectivity index (χ3n) is 4.18. The number of nitrogens with zero attached hydrogens (tertiary/aromatic N) is 2. The summed E-state index contributed by atoms with van der Waals surface area (Å²) >= 11 is 0. The van der Waals surface area contributed by atoms with E-state index in [1.165, 1.54) is 36.5 Å². The number of para-hydroxylation sites is 1. The molecule has 1 N–H and O–H groups in total. The summed E-state index contributed by atoms with van der Waals surface area (Å²) in [4.78, 5) is 12.4. The van der Waals surface area contributed by atoms with E-state index in [4.69, 9.17) is 0 Å². The van der Waals surface area contributed by atoms with Gasteiger partial charge in [-0.2, -0.15) is 5.10 Å². The van der Waals surface area contributed by atoms with Gasteiger partial charge in [0, 0.05) is 0 Å². The summed E-state index contributed by atoms with van der Waals surface area (Å²) in [5.41, 5.74) is 3.88. The number of carbonyl (C=O) groups is 1. The molecular weight excluding hydrogens is 405 g/mol. The molecule has 0 fully saturated rings. The Kier molecular flexibility index (Phi) is 6.58. The number of hydrogen-bond acceptors (Lipinski definition) is 4. The lowest BCUT2D eigenvalue weighted by atomic mass is 10.2. The Bertz CT molecular complexity index is 1170. The molecule has 0 unspecified atom stereocenters. The van der Waals surface area contributed by atoms with E-state index in [0.717, 1.165) is 21.5 Å². The number of benzene rings is 3. The van der Waals surface area contributed by atoms with Crippen LogP contribution in [0.4, 0.5) is 10.1 Å². The average molecular weight is 425 g/mol. The predicted molar refractivity (Wildman–Crippen MR) is 114 cm³/mol. The third-order valence-corrected chi connectivity index (χ3v) is 5.96. The van der Waals surface area contributed by atoms with Gasteiger partial charge in [0.05, 0.1) is 16.8 Å². The van der Waals surface area contributed by atoms with Crippen molar-refractivity contribution in [2.45, 2.75) is 11.8 Å². The zero-order valence-electron chi connectivity index (χ0n) is 16.2. The number of halogens is 1. The van der Waals surface area contributed by atoms with Crippen LogP contribution in [0.2, 0.25) is 0 Å². The van der Waals surface area contributed by atoms with Crippen LogP contribution in [0.25, 0.3) is 0 Å². The van der Waals surface area contributed by atoms with Crippen LogP contribution in [0.15, 0.2) is 88.9 Å². The van der Waals surface area contributed by atoms with Gasteiger partial charge in [0.1, 0.15) is 12.4 Å². The van der Waals surface area contributed by atoms with Crippen molar-refractivity contribution in [1.29, 1.82) is 0 Å². The van der Waals surface area contributed by atoms with E-state index in [1.807, 2.05) is 31.2 Å². The second kappa shape index (κ2) is 9.32. The van der Waals surface area contributed by atoms with Gasteiger partial charge < -0.3 is 0 Å². The number of aryl methyl sites for hydroxylation is 1. The van der Waals surface area contributed by atoms with Crippen molar-refractivity contribution < 1.29 is 17.6 Å². The van der Waals surface area contributed by atoms with Crippen molar-refractivity contribution in [3.05, 3.63) is 95.8 Å². The van der Waals surface area contributed by atoms with Crippen molar-refractivity contribution in [3.63, 3.8) is 0 Å². The summed E-state index contributed by atoms with van der Waals surface area (Å²) in [5, 5.41) is 3.87. The molecule has 0 saturated carbocycles. The Morgan fingerprint density at radius 2 is 1.73 bits per heavy atom. The maximum absolute atomic E-state index is 14.4. The second-order valence-electron chi connectivity index (χ2n) is 6.48. The molecule has 8 heteroatoms. The lowest BCUT2D eigenvalue weighted by molar-refractivity contribution is -0.119. The molecule has 30 heavy (non-hydrogen) atoms. The molecule has 0 spiro atoms. The van der Waals surface area contributed by atoms with Crippen LogP contribution >= 0.6 is 0 Å². The SMILES string of the molecule is Cc1cccc(/C=N\NC(=O)CN(c2ccccc2F)S(=O)(=O)c2ccccc2)c1. The van der Waals surface area contributed by atoms with E-state index in [2.05, 4.69) is 10.5 Å². The molecule has 0 heterocycles. The van der Waals surface area contributed by atoms with Gasteiger partial charge in [-0.3, -0.25) is 9.10 Å². The zero-order chi connectivity index (χ0) is 21.6. The molecule has 0 saturated heterocycles. The number of sulfonamides is 1. The number of nitrogens with one attached hydrogen (secondary N) is 1. The highest BCUT2D eigenvalue weighted by Crippen LogP contribution is 2.25. The summed E-state index contributed by atoms with van der Waals surface area (Å²) in [6.45, 7) is 1.29. The van der Waals surface area contributed by atoms with Crippen LogP contribution in [0.5, 0.6) is 0 Å². The van der Waals surface area contributed by atoms with Gasteiger partial charge in [-0.1, -0.05) is 60.2 Å². The minimum absolute atomic E-state index is 0.0516. The van der Waals surface area contributed by atoms with Crippen LogP contribution in [0.1, 0.15) is 11.1 Å². The van der Waals surface area contributed by atoms with Gasteiger partial charge >= 0.3 is 0 Å². The van der Waals surface area contributed by atoms with E-state index >= 15 is 0 Å².